The van der Waals surface area contributed by atoms with E-state index in [9.17, 15) is 4.79 Å². The summed E-state index contributed by atoms with van der Waals surface area (Å²) < 4.78 is 2.07. The molecule has 0 unspecified atom stereocenters. The second-order valence-electron chi connectivity index (χ2n) is 6.42. The number of benzene rings is 2. The van der Waals surface area contributed by atoms with Crippen molar-refractivity contribution in [3.8, 4) is 0 Å². The Balaban J connectivity index is 1.44. The molecule has 1 aliphatic rings. The number of aromatic nitrogens is 2. The largest absolute Gasteiger partial charge is 0.335 e. The molecule has 1 fully saturated rings. The van der Waals surface area contributed by atoms with Crippen molar-refractivity contribution < 1.29 is 4.79 Å². The molecule has 0 spiro atoms. The van der Waals surface area contributed by atoms with Crippen molar-refractivity contribution in [2.45, 2.75) is 38.4 Å². The number of hydrogen-bond acceptors (Lipinski definition) is 2. The number of fused-ring (bicyclic) bond motifs is 1. The molecule has 1 heterocycles. The molecule has 4 heteroatoms. The van der Waals surface area contributed by atoms with Crippen LogP contribution < -0.4 is 0 Å². The van der Waals surface area contributed by atoms with Gasteiger partial charge in [0.15, 0.2) is 0 Å². The SMILES string of the molecule is O=C(CCn1cnc2ccccc21)N(Cc1ccccc1)C1CC1. The van der Waals surface area contributed by atoms with Gasteiger partial charge in [-0.05, 0) is 30.5 Å². The second-order valence-corrected chi connectivity index (χ2v) is 6.42. The minimum atomic E-state index is 0.235. The summed E-state index contributed by atoms with van der Waals surface area (Å²) in [6.45, 7) is 1.40. The number of carbonyl (C=O) groups is 1. The average Bonchev–Trinajstić information content (AvgIpc) is 3.38. The number of amides is 1. The third-order valence-corrected chi connectivity index (χ3v) is 4.60. The maximum absolute atomic E-state index is 12.8. The molecule has 24 heavy (non-hydrogen) atoms. The molecule has 3 aromatic rings. The summed E-state index contributed by atoms with van der Waals surface area (Å²) in [4.78, 5) is 19.2. The van der Waals surface area contributed by atoms with Crippen LogP contribution in [0.25, 0.3) is 11.0 Å². The average molecular weight is 319 g/mol. The van der Waals surface area contributed by atoms with Crippen LogP contribution in [0.5, 0.6) is 0 Å². The molecule has 0 bridgehead atoms. The molecule has 1 aliphatic carbocycles. The Bertz CT molecular complexity index is 836. The summed E-state index contributed by atoms with van der Waals surface area (Å²) in [5.41, 5.74) is 3.27. The molecule has 1 saturated carbocycles. The lowest BCUT2D eigenvalue weighted by molar-refractivity contribution is -0.132. The third-order valence-electron chi connectivity index (χ3n) is 4.60. The zero-order chi connectivity index (χ0) is 16.4. The summed E-state index contributed by atoms with van der Waals surface area (Å²) in [6.07, 6.45) is 4.61. The van der Waals surface area contributed by atoms with E-state index in [4.69, 9.17) is 0 Å². The summed E-state index contributed by atoms with van der Waals surface area (Å²) in [5, 5.41) is 0. The van der Waals surface area contributed by atoms with E-state index < -0.39 is 0 Å². The fraction of sp³-hybridized carbons (Fsp3) is 0.300. The third kappa shape index (κ3) is 3.18. The molecule has 0 N–H and O–H groups in total. The van der Waals surface area contributed by atoms with Crippen LogP contribution in [0.4, 0.5) is 0 Å². The van der Waals surface area contributed by atoms with Crippen LogP contribution in [-0.4, -0.2) is 26.4 Å². The first kappa shape index (κ1) is 14.9. The van der Waals surface area contributed by atoms with E-state index in [2.05, 4.69) is 32.7 Å². The van der Waals surface area contributed by atoms with Crippen molar-refractivity contribution in [2.24, 2.45) is 0 Å². The van der Waals surface area contributed by atoms with Gasteiger partial charge in [-0.1, -0.05) is 42.5 Å². The van der Waals surface area contributed by atoms with E-state index in [1.54, 1.807) is 0 Å². The number of aryl methyl sites for hydroxylation is 1. The quantitative estimate of drug-likeness (QED) is 0.696. The number of hydrogen-bond donors (Lipinski definition) is 0. The lowest BCUT2D eigenvalue weighted by Crippen LogP contribution is -2.33. The standard InChI is InChI=1S/C20H21N3O/c24-20(12-13-22-15-21-18-8-4-5-9-19(18)22)23(17-10-11-17)14-16-6-2-1-3-7-16/h1-9,15,17H,10-14H2. The Morgan fingerprint density at radius 3 is 2.62 bits per heavy atom. The Morgan fingerprint density at radius 2 is 1.83 bits per heavy atom. The van der Waals surface area contributed by atoms with Gasteiger partial charge in [0.25, 0.3) is 0 Å². The van der Waals surface area contributed by atoms with Crippen LogP contribution in [0.15, 0.2) is 60.9 Å². The number of imidazole rings is 1. The fourth-order valence-electron chi connectivity index (χ4n) is 3.14. The first-order valence-corrected chi connectivity index (χ1v) is 8.54. The van der Waals surface area contributed by atoms with Crippen LogP contribution in [0.3, 0.4) is 0 Å². The predicted octanol–water partition coefficient (Wildman–Crippen LogP) is 3.62. The molecule has 0 atom stereocenters. The lowest BCUT2D eigenvalue weighted by atomic mass is 10.2. The van der Waals surface area contributed by atoms with Crippen molar-refractivity contribution in [1.82, 2.24) is 14.5 Å². The van der Waals surface area contributed by atoms with Gasteiger partial charge in [0.05, 0.1) is 17.4 Å². The highest BCUT2D eigenvalue weighted by Gasteiger charge is 2.32. The maximum Gasteiger partial charge on any atom is 0.224 e. The summed E-state index contributed by atoms with van der Waals surface area (Å²) >= 11 is 0. The van der Waals surface area contributed by atoms with Crippen LogP contribution in [0.2, 0.25) is 0 Å². The van der Waals surface area contributed by atoms with Gasteiger partial charge in [-0.25, -0.2) is 4.98 Å². The lowest BCUT2D eigenvalue weighted by Gasteiger charge is -2.23. The van der Waals surface area contributed by atoms with E-state index in [1.165, 1.54) is 5.56 Å². The first-order chi connectivity index (χ1) is 11.8. The van der Waals surface area contributed by atoms with E-state index in [-0.39, 0.29) is 5.91 Å². The molecule has 122 valence electrons. The smallest absolute Gasteiger partial charge is 0.224 e. The zero-order valence-corrected chi connectivity index (χ0v) is 13.6. The molecule has 0 saturated heterocycles. The summed E-state index contributed by atoms with van der Waals surface area (Å²) in [7, 11) is 0. The van der Waals surface area contributed by atoms with E-state index in [0.29, 0.717) is 19.0 Å². The molecule has 1 aromatic heterocycles. The monoisotopic (exact) mass is 319 g/mol. The van der Waals surface area contributed by atoms with Crippen LogP contribution in [0, 0.1) is 0 Å². The zero-order valence-electron chi connectivity index (χ0n) is 13.6. The topological polar surface area (TPSA) is 38.1 Å². The van der Waals surface area contributed by atoms with E-state index in [1.807, 2.05) is 42.7 Å². The molecular weight excluding hydrogens is 298 g/mol. The van der Waals surface area contributed by atoms with Crippen molar-refractivity contribution in [3.05, 3.63) is 66.5 Å². The van der Waals surface area contributed by atoms with Crippen molar-refractivity contribution >= 4 is 16.9 Å². The van der Waals surface area contributed by atoms with E-state index >= 15 is 0 Å². The molecule has 4 rings (SSSR count). The number of para-hydroxylation sites is 2. The second kappa shape index (κ2) is 6.48. The Morgan fingerprint density at radius 1 is 1.08 bits per heavy atom. The van der Waals surface area contributed by atoms with Gasteiger partial charge in [0, 0.05) is 25.6 Å². The molecule has 4 nitrogen and oxygen atoms in total. The number of carbonyl (C=O) groups excluding carboxylic acids is 1. The van der Waals surface area contributed by atoms with Gasteiger partial charge in [-0.15, -0.1) is 0 Å². The minimum Gasteiger partial charge on any atom is -0.335 e. The van der Waals surface area contributed by atoms with Gasteiger partial charge >= 0.3 is 0 Å². The predicted molar refractivity (Wildman–Crippen MR) is 94.4 cm³/mol. The summed E-state index contributed by atoms with van der Waals surface area (Å²) in [5.74, 6) is 0.235. The normalized spacial score (nSPS) is 14.0. The van der Waals surface area contributed by atoms with E-state index in [0.717, 1.165) is 30.4 Å². The molecular formula is C20H21N3O. The highest BCUT2D eigenvalue weighted by Crippen LogP contribution is 2.29. The van der Waals surface area contributed by atoms with Crippen LogP contribution >= 0.6 is 0 Å². The van der Waals surface area contributed by atoms with Crippen LogP contribution in [-0.2, 0) is 17.9 Å². The molecule has 2 aromatic carbocycles. The maximum atomic E-state index is 12.8. The fourth-order valence-corrected chi connectivity index (χ4v) is 3.14. The van der Waals surface area contributed by atoms with Crippen LogP contribution in [0.1, 0.15) is 24.8 Å². The highest BCUT2D eigenvalue weighted by molar-refractivity contribution is 5.78. The van der Waals surface area contributed by atoms with Gasteiger partial charge in [-0.2, -0.15) is 0 Å². The van der Waals surface area contributed by atoms with Gasteiger partial charge in [-0.3, -0.25) is 4.79 Å². The first-order valence-electron chi connectivity index (χ1n) is 8.54. The molecule has 0 radical (unpaired) electrons. The van der Waals surface area contributed by atoms with Crippen molar-refractivity contribution in [3.63, 3.8) is 0 Å². The van der Waals surface area contributed by atoms with Gasteiger partial charge in [0.2, 0.25) is 5.91 Å². The highest BCUT2D eigenvalue weighted by atomic mass is 16.2. The molecule has 0 aliphatic heterocycles. The number of nitrogens with zero attached hydrogens (tertiary/aromatic N) is 3. The van der Waals surface area contributed by atoms with Gasteiger partial charge in [0.1, 0.15) is 0 Å². The summed E-state index contributed by atoms with van der Waals surface area (Å²) in [6, 6.07) is 18.7. The van der Waals surface area contributed by atoms with Crippen molar-refractivity contribution in [1.29, 1.82) is 0 Å². The Kier molecular flexibility index (Phi) is 4.03. The number of rotatable bonds is 6. The Hall–Kier alpha value is -2.62. The van der Waals surface area contributed by atoms with Gasteiger partial charge < -0.3 is 9.47 Å². The van der Waals surface area contributed by atoms with Crippen molar-refractivity contribution in [2.75, 3.05) is 0 Å². The minimum absolute atomic E-state index is 0.235. The molecule has 1 amide bonds. The Labute approximate surface area is 141 Å².